The number of ether oxygens (including phenoxy) is 1. The molecule has 0 atom stereocenters. The van der Waals surface area contributed by atoms with Crippen molar-refractivity contribution in [2.24, 2.45) is 0 Å². The summed E-state index contributed by atoms with van der Waals surface area (Å²) >= 11 is 6.29. The maximum atomic E-state index is 6.29. The van der Waals surface area contributed by atoms with Crippen molar-refractivity contribution in [3.63, 3.8) is 0 Å². The van der Waals surface area contributed by atoms with Crippen molar-refractivity contribution < 1.29 is 4.74 Å². The molecule has 0 saturated heterocycles. The van der Waals surface area contributed by atoms with Crippen LogP contribution >= 0.6 is 11.6 Å². The number of para-hydroxylation sites is 1. The Balaban J connectivity index is 1.76. The largest absolute Gasteiger partial charge is 0.380 e. The van der Waals surface area contributed by atoms with Gasteiger partial charge in [0.05, 0.1) is 16.8 Å². The molecule has 106 valence electrons. The van der Waals surface area contributed by atoms with Crippen LogP contribution < -0.4 is 5.32 Å². The number of anilines is 1. The molecule has 1 aromatic carbocycles. The molecule has 0 spiro atoms. The van der Waals surface area contributed by atoms with E-state index < -0.39 is 0 Å². The number of hydrogen-bond donors (Lipinski definition) is 1. The van der Waals surface area contributed by atoms with Crippen LogP contribution in [0.4, 0.5) is 5.69 Å². The Morgan fingerprint density at radius 1 is 1.45 bits per heavy atom. The molecule has 3 rings (SSSR count). The molecule has 0 radical (unpaired) electrons. The van der Waals surface area contributed by atoms with Crippen LogP contribution in [0.3, 0.4) is 0 Å². The summed E-state index contributed by atoms with van der Waals surface area (Å²) in [4.78, 5) is 3.98. The van der Waals surface area contributed by atoms with Crippen molar-refractivity contribution in [2.45, 2.75) is 31.9 Å². The van der Waals surface area contributed by atoms with E-state index in [1.807, 2.05) is 25.1 Å². The van der Waals surface area contributed by atoms with E-state index in [-0.39, 0.29) is 0 Å². The second-order valence-electron chi connectivity index (χ2n) is 4.87. The molecule has 1 aliphatic rings. The normalized spacial score (nSPS) is 21.5. The number of halogens is 1. The number of hydrogen-bond acceptors (Lipinski definition) is 4. The third-order valence-corrected chi connectivity index (χ3v) is 3.80. The second-order valence-corrected chi connectivity index (χ2v) is 5.27. The first kappa shape index (κ1) is 13.4. The third-order valence-electron chi connectivity index (χ3n) is 3.49. The summed E-state index contributed by atoms with van der Waals surface area (Å²) < 4.78 is 7.26. The van der Waals surface area contributed by atoms with Crippen LogP contribution in [-0.4, -0.2) is 33.5 Å². The lowest BCUT2D eigenvalue weighted by molar-refractivity contribution is 0.00299. The molecule has 1 saturated carbocycles. The standard InChI is InChI=1S/C14H17ClN4O/c1-2-20-11-6-10(7-11)18-13-5-3-4-12(15)14(13)19-9-16-8-17-19/h3-5,8-11,18H,2,6-7H2,1H3. The zero-order chi connectivity index (χ0) is 13.9. The summed E-state index contributed by atoms with van der Waals surface area (Å²) in [7, 11) is 0. The molecule has 6 heteroatoms. The van der Waals surface area contributed by atoms with E-state index >= 15 is 0 Å². The van der Waals surface area contributed by atoms with Crippen LogP contribution in [0.25, 0.3) is 5.69 Å². The van der Waals surface area contributed by atoms with Crippen molar-refractivity contribution >= 4 is 17.3 Å². The highest BCUT2D eigenvalue weighted by Gasteiger charge is 2.30. The summed E-state index contributed by atoms with van der Waals surface area (Å²) in [5.74, 6) is 0. The highest BCUT2D eigenvalue weighted by molar-refractivity contribution is 6.33. The van der Waals surface area contributed by atoms with Crippen molar-refractivity contribution in [3.8, 4) is 5.69 Å². The van der Waals surface area contributed by atoms with Gasteiger partial charge in [-0.3, -0.25) is 0 Å². The maximum Gasteiger partial charge on any atom is 0.138 e. The fraction of sp³-hybridized carbons (Fsp3) is 0.429. The third kappa shape index (κ3) is 2.64. The summed E-state index contributed by atoms with van der Waals surface area (Å²) in [5, 5.41) is 8.33. The van der Waals surface area contributed by atoms with Crippen molar-refractivity contribution in [3.05, 3.63) is 35.9 Å². The van der Waals surface area contributed by atoms with Crippen molar-refractivity contribution in [1.82, 2.24) is 14.8 Å². The second kappa shape index (κ2) is 5.81. The van der Waals surface area contributed by atoms with Gasteiger partial charge in [0, 0.05) is 12.6 Å². The number of nitrogens with one attached hydrogen (secondary N) is 1. The molecular formula is C14H17ClN4O. The van der Waals surface area contributed by atoms with Crippen LogP contribution in [0.1, 0.15) is 19.8 Å². The van der Waals surface area contributed by atoms with E-state index in [2.05, 4.69) is 15.4 Å². The van der Waals surface area contributed by atoms with E-state index in [9.17, 15) is 0 Å². The van der Waals surface area contributed by atoms with E-state index in [4.69, 9.17) is 16.3 Å². The molecule has 1 aliphatic carbocycles. The summed E-state index contributed by atoms with van der Waals surface area (Å²) in [5.41, 5.74) is 1.81. The van der Waals surface area contributed by atoms with Crippen molar-refractivity contribution in [2.75, 3.05) is 11.9 Å². The first-order valence-corrected chi connectivity index (χ1v) is 7.17. The van der Waals surface area contributed by atoms with Gasteiger partial charge in [-0.2, -0.15) is 5.10 Å². The molecule has 1 aromatic heterocycles. The van der Waals surface area contributed by atoms with Crippen LogP contribution in [0.15, 0.2) is 30.9 Å². The number of aromatic nitrogens is 3. The Morgan fingerprint density at radius 3 is 3.00 bits per heavy atom. The lowest BCUT2D eigenvalue weighted by atomic mass is 9.89. The summed E-state index contributed by atoms with van der Waals surface area (Å²) in [6, 6.07) is 6.22. The molecule has 2 aromatic rings. The minimum Gasteiger partial charge on any atom is -0.380 e. The molecule has 1 fully saturated rings. The molecule has 20 heavy (non-hydrogen) atoms. The highest BCUT2D eigenvalue weighted by Crippen LogP contribution is 2.32. The Kier molecular flexibility index (Phi) is 3.89. The van der Waals surface area contributed by atoms with Crippen LogP contribution in [0.2, 0.25) is 5.02 Å². The van der Waals surface area contributed by atoms with Gasteiger partial charge in [-0.25, -0.2) is 9.67 Å². The van der Waals surface area contributed by atoms with Gasteiger partial charge in [-0.15, -0.1) is 0 Å². The average Bonchev–Trinajstić information content (AvgIpc) is 2.90. The van der Waals surface area contributed by atoms with Gasteiger partial charge in [-0.1, -0.05) is 17.7 Å². The molecule has 0 amide bonds. The predicted molar refractivity (Wildman–Crippen MR) is 78.4 cm³/mol. The lowest BCUT2D eigenvalue weighted by Crippen LogP contribution is -2.41. The molecule has 5 nitrogen and oxygen atoms in total. The lowest BCUT2D eigenvalue weighted by Gasteiger charge is -2.36. The van der Waals surface area contributed by atoms with Crippen LogP contribution in [-0.2, 0) is 4.74 Å². The fourth-order valence-electron chi connectivity index (χ4n) is 2.46. The fourth-order valence-corrected chi connectivity index (χ4v) is 2.72. The van der Waals surface area contributed by atoms with Gasteiger partial charge in [0.1, 0.15) is 18.3 Å². The number of benzene rings is 1. The molecule has 0 aliphatic heterocycles. The SMILES string of the molecule is CCOC1CC(Nc2cccc(Cl)c2-n2cncn2)C1. The smallest absolute Gasteiger partial charge is 0.138 e. The quantitative estimate of drug-likeness (QED) is 0.920. The summed E-state index contributed by atoms with van der Waals surface area (Å²) in [6.07, 6.45) is 5.58. The minimum absolute atomic E-state index is 0.381. The zero-order valence-corrected chi connectivity index (χ0v) is 12.0. The first-order chi connectivity index (χ1) is 9.78. The van der Waals surface area contributed by atoms with E-state index in [0.29, 0.717) is 17.2 Å². The van der Waals surface area contributed by atoms with Crippen molar-refractivity contribution in [1.29, 1.82) is 0 Å². The van der Waals surface area contributed by atoms with E-state index in [0.717, 1.165) is 30.8 Å². The van der Waals surface area contributed by atoms with Gasteiger partial charge >= 0.3 is 0 Å². The van der Waals surface area contributed by atoms with Crippen LogP contribution in [0, 0.1) is 0 Å². The van der Waals surface area contributed by atoms with E-state index in [1.54, 1.807) is 11.0 Å². The average molecular weight is 293 g/mol. The summed E-state index contributed by atoms with van der Waals surface area (Å²) in [6.45, 7) is 2.80. The minimum atomic E-state index is 0.381. The van der Waals surface area contributed by atoms with Gasteiger partial charge < -0.3 is 10.1 Å². The topological polar surface area (TPSA) is 52.0 Å². The zero-order valence-electron chi connectivity index (χ0n) is 11.3. The Labute approximate surface area is 122 Å². The number of rotatable bonds is 5. The van der Waals surface area contributed by atoms with Gasteiger partial charge in [0.15, 0.2) is 0 Å². The van der Waals surface area contributed by atoms with E-state index in [1.165, 1.54) is 6.33 Å². The molecular weight excluding hydrogens is 276 g/mol. The first-order valence-electron chi connectivity index (χ1n) is 6.79. The van der Waals surface area contributed by atoms with Crippen LogP contribution in [0.5, 0.6) is 0 Å². The Bertz CT molecular complexity index is 567. The highest BCUT2D eigenvalue weighted by atomic mass is 35.5. The monoisotopic (exact) mass is 292 g/mol. The molecule has 1 heterocycles. The molecule has 0 unspecified atom stereocenters. The maximum absolute atomic E-state index is 6.29. The number of nitrogens with zero attached hydrogens (tertiary/aromatic N) is 3. The van der Waals surface area contributed by atoms with Gasteiger partial charge in [0.25, 0.3) is 0 Å². The van der Waals surface area contributed by atoms with Gasteiger partial charge in [0.2, 0.25) is 0 Å². The Morgan fingerprint density at radius 2 is 2.30 bits per heavy atom. The van der Waals surface area contributed by atoms with Gasteiger partial charge in [-0.05, 0) is 31.9 Å². The molecule has 0 bridgehead atoms. The Hall–Kier alpha value is -1.59. The predicted octanol–water partition coefficient (Wildman–Crippen LogP) is 2.90. The molecule has 1 N–H and O–H groups in total.